The number of methoxy groups -OCH3 is 2. The molecule has 0 aromatic heterocycles. The molecule has 2 aromatic rings. The van der Waals surface area contributed by atoms with Crippen LogP contribution >= 0.6 is 0 Å². The van der Waals surface area contributed by atoms with E-state index in [4.69, 9.17) is 9.47 Å². The monoisotopic (exact) mass is 355 g/mol. The summed E-state index contributed by atoms with van der Waals surface area (Å²) in [6, 6.07) is 14.4. The van der Waals surface area contributed by atoms with Gasteiger partial charge in [-0.2, -0.15) is 5.10 Å². The van der Waals surface area contributed by atoms with Crippen LogP contribution in [0.15, 0.2) is 53.6 Å². The molecule has 2 amide bonds. The lowest BCUT2D eigenvalue weighted by Gasteiger charge is -2.09. The number of anilines is 1. The maximum absolute atomic E-state index is 12.0. The quantitative estimate of drug-likeness (QED) is 0.563. The molecule has 0 unspecified atom stereocenters. The molecule has 136 valence electrons. The Labute approximate surface area is 152 Å². The number of carbonyl (C=O) groups is 2. The number of nitrogens with zero attached hydrogens (tertiary/aromatic N) is 1. The molecule has 0 fully saturated rings. The molecule has 0 radical (unpaired) electrons. The van der Waals surface area contributed by atoms with E-state index in [1.165, 1.54) is 13.3 Å². The van der Waals surface area contributed by atoms with Gasteiger partial charge in [-0.3, -0.25) is 9.59 Å². The van der Waals surface area contributed by atoms with Gasteiger partial charge in [0.15, 0.2) is 0 Å². The van der Waals surface area contributed by atoms with Gasteiger partial charge in [-0.1, -0.05) is 24.3 Å². The Bertz CT molecular complexity index is 790. The zero-order chi connectivity index (χ0) is 18.8. The Balaban J connectivity index is 1.79. The van der Waals surface area contributed by atoms with E-state index in [1.54, 1.807) is 31.4 Å². The standard InChI is InChI=1S/C19H21N3O4/c1-25-16-9-5-3-7-14(16)13-20-22-19(24)12-11-18(23)21-15-8-4-6-10-17(15)26-2/h3-10,13H,11-12H2,1-2H3,(H,21,23)(H,22,24). The number of hydrazone groups is 1. The average Bonchev–Trinajstić information content (AvgIpc) is 2.67. The van der Waals surface area contributed by atoms with Crippen LogP contribution < -0.4 is 20.2 Å². The maximum Gasteiger partial charge on any atom is 0.240 e. The lowest BCUT2D eigenvalue weighted by molar-refractivity contribution is -0.124. The van der Waals surface area contributed by atoms with Gasteiger partial charge >= 0.3 is 0 Å². The molecule has 2 N–H and O–H groups in total. The van der Waals surface area contributed by atoms with Crippen LogP contribution in [-0.4, -0.2) is 32.2 Å². The highest BCUT2D eigenvalue weighted by atomic mass is 16.5. The third-order valence-electron chi connectivity index (χ3n) is 3.49. The Kier molecular flexibility index (Phi) is 7.17. The van der Waals surface area contributed by atoms with Crippen LogP contribution in [0.4, 0.5) is 5.69 Å². The number of ether oxygens (including phenoxy) is 2. The maximum atomic E-state index is 12.0. The molecule has 26 heavy (non-hydrogen) atoms. The van der Waals surface area contributed by atoms with Crippen molar-refractivity contribution in [3.63, 3.8) is 0 Å². The van der Waals surface area contributed by atoms with Crippen molar-refractivity contribution in [2.75, 3.05) is 19.5 Å². The second-order valence-electron chi connectivity index (χ2n) is 5.28. The van der Waals surface area contributed by atoms with Crippen molar-refractivity contribution in [1.82, 2.24) is 5.43 Å². The molecule has 7 nitrogen and oxygen atoms in total. The predicted molar refractivity (Wildman–Crippen MR) is 99.6 cm³/mol. The summed E-state index contributed by atoms with van der Waals surface area (Å²) in [5, 5.41) is 6.60. The second kappa shape index (κ2) is 9.83. The zero-order valence-electron chi connectivity index (χ0n) is 14.7. The second-order valence-corrected chi connectivity index (χ2v) is 5.28. The highest BCUT2D eigenvalue weighted by Gasteiger charge is 2.09. The first-order valence-electron chi connectivity index (χ1n) is 8.02. The Morgan fingerprint density at radius 3 is 2.27 bits per heavy atom. The summed E-state index contributed by atoms with van der Waals surface area (Å²) in [6.07, 6.45) is 1.55. The molecule has 0 heterocycles. The number of rotatable bonds is 8. The lowest BCUT2D eigenvalue weighted by Crippen LogP contribution is -2.20. The molecule has 0 aliphatic heterocycles. The van der Waals surface area contributed by atoms with Gasteiger partial charge in [0.2, 0.25) is 11.8 Å². The summed E-state index contributed by atoms with van der Waals surface area (Å²) < 4.78 is 10.4. The number of amides is 2. The first-order chi connectivity index (χ1) is 12.6. The van der Waals surface area contributed by atoms with Gasteiger partial charge in [-0.25, -0.2) is 5.43 Å². The molecule has 0 aliphatic carbocycles. The number of carbonyl (C=O) groups excluding carboxylic acids is 2. The number of benzene rings is 2. The topological polar surface area (TPSA) is 89.0 Å². The molecule has 0 spiro atoms. The minimum absolute atomic E-state index is 0.0181. The fourth-order valence-electron chi connectivity index (χ4n) is 2.19. The van der Waals surface area contributed by atoms with E-state index in [2.05, 4.69) is 15.8 Å². The minimum Gasteiger partial charge on any atom is -0.496 e. The molecule has 2 rings (SSSR count). The number of para-hydroxylation sites is 3. The van der Waals surface area contributed by atoms with Gasteiger partial charge in [0, 0.05) is 18.4 Å². The first-order valence-corrected chi connectivity index (χ1v) is 8.02. The molecule has 0 saturated heterocycles. The Morgan fingerprint density at radius 1 is 0.923 bits per heavy atom. The van der Waals surface area contributed by atoms with Gasteiger partial charge in [-0.15, -0.1) is 0 Å². The van der Waals surface area contributed by atoms with Crippen molar-refractivity contribution >= 4 is 23.7 Å². The van der Waals surface area contributed by atoms with E-state index in [0.717, 1.165) is 5.56 Å². The van der Waals surface area contributed by atoms with Crippen LogP contribution in [0.25, 0.3) is 0 Å². The fraction of sp³-hybridized carbons (Fsp3) is 0.211. The van der Waals surface area contributed by atoms with Crippen molar-refractivity contribution in [3.05, 3.63) is 54.1 Å². The van der Waals surface area contributed by atoms with Crippen LogP contribution in [0.1, 0.15) is 18.4 Å². The summed E-state index contributed by atoms with van der Waals surface area (Å²) in [5.41, 5.74) is 3.70. The SMILES string of the molecule is COc1ccccc1C=NNC(=O)CCC(=O)Nc1ccccc1OC. The van der Waals surface area contributed by atoms with Crippen molar-refractivity contribution in [2.24, 2.45) is 5.10 Å². The summed E-state index contributed by atoms with van der Waals surface area (Å²) in [7, 11) is 3.09. The smallest absolute Gasteiger partial charge is 0.240 e. The summed E-state index contributed by atoms with van der Waals surface area (Å²) in [6.45, 7) is 0. The molecule has 0 aliphatic rings. The average molecular weight is 355 g/mol. The highest BCUT2D eigenvalue weighted by molar-refractivity contribution is 5.94. The number of nitrogens with one attached hydrogen (secondary N) is 2. The third kappa shape index (κ3) is 5.62. The van der Waals surface area contributed by atoms with Crippen molar-refractivity contribution in [3.8, 4) is 11.5 Å². The summed E-state index contributed by atoms with van der Waals surface area (Å²) in [5.74, 6) is 0.582. The molecule has 0 saturated carbocycles. The largest absolute Gasteiger partial charge is 0.496 e. The normalized spacial score (nSPS) is 10.4. The molecular formula is C19H21N3O4. The van der Waals surface area contributed by atoms with Crippen LogP contribution in [-0.2, 0) is 9.59 Å². The van der Waals surface area contributed by atoms with E-state index >= 15 is 0 Å². The summed E-state index contributed by atoms with van der Waals surface area (Å²) in [4.78, 5) is 23.8. The van der Waals surface area contributed by atoms with Gasteiger partial charge in [0.1, 0.15) is 11.5 Å². The van der Waals surface area contributed by atoms with E-state index in [1.807, 2.05) is 24.3 Å². The van der Waals surface area contributed by atoms with Gasteiger partial charge in [0.05, 0.1) is 26.1 Å². The van der Waals surface area contributed by atoms with Crippen LogP contribution in [0, 0.1) is 0 Å². The molecule has 0 atom stereocenters. The van der Waals surface area contributed by atoms with Crippen molar-refractivity contribution < 1.29 is 19.1 Å². The van der Waals surface area contributed by atoms with Crippen LogP contribution in [0.2, 0.25) is 0 Å². The molecule has 7 heteroatoms. The van der Waals surface area contributed by atoms with Gasteiger partial charge in [0.25, 0.3) is 0 Å². The van der Waals surface area contributed by atoms with E-state index < -0.39 is 0 Å². The van der Waals surface area contributed by atoms with E-state index in [0.29, 0.717) is 17.2 Å². The summed E-state index contributed by atoms with van der Waals surface area (Å²) >= 11 is 0. The Morgan fingerprint density at radius 2 is 1.54 bits per heavy atom. The van der Waals surface area contributed by atoms with E-state index in [-0.39, 0.29) is 24.7 Å². The predicted octanol–water partition coefficient (Wildman–Crippen LogP) is 2.57. The van der Waals surface area contributed by atoms with Crippen LogP contribution in [0.5, 0.6) is 11.5 Å². The Hall–Kier alpha value is -3.35. The third-order valence-corrected chi connectivity index (χ3v) is 3.49. The fourth-order valence-corrected chi connectivity index (χ4v) is 2.19. The number of hydrogen-bond acceptors (Lipinski definition) is 5. The minimum atomic E-state index is -0.355. The molecular weight excluding hydrogens is 334 g/mol. The van der Waals surface area contributed by atoms with Gasteiger partial charge < -0.3 is 14.8 Å². The molecule has 0 bridgehead atoms. The van der Waals surface area contributed by atoms with Crippen molar-refractivity contribution in [1.29, 1.82) is 0 Å². The highest BCUT2D eigenvalue weighted by Crippen LogP contribution is 2.23. The lowest BCUT2D eigenvalue weighted by atomic mass is 10.2. The van der Waals surface area contributed by atoms with E-state index in [9.17, 15) is 9.59 Å². The van der Waals surface area contributed by atoms with Crippen molar-refractivity contribution in [2.45, 2.75) is 12.8 Å². The van der Waals surface area contributed by atoms with Crippen LogP contribution in [0.3, 0.4) is 0 Å². The number of hydrogen-bond donors (Lipinski definition) is 2. The first kappa shape index (κ1) is 19.0. The van der Waals surface area contributed by atoms with Gasteiger partial charge in [-0.05, 0) is 24.3 Å². The zero-order valence-corrected chi connectivity index (χ0v) is 14.7. The molecule has 2 aromatic carbocycles.